The van der Waals surface area contributed by atoms with E-state index >= 15 is 0 Å². The van der Waals surface area contributed by atoms with Crippen LogP contribution >= 0.6 is 0 Å². The molecule has 0 aliphatic heterocycles. The van der Waals surface area contributed by atoms with Crippen LogP contribution in [0.4, 0.5) is 5.69 Å². The number of aliphatic carboxylic acids is 1. The Morgan fingerprint density at radius 3 is 2.17 bits per heavy atom. The first kappa shape index (κ1) is 19.7. The van der Waals surface area contributed by atoms with Crippen molar-refractivity contribution in [2.24, 2.45) is 11.8 Å². The minimum absolute atomic E-state index is 0.00403. The Morgan fingerprint density at radius 2 is 1.67 bits per heavy atom. The zero-order chi connectivity index (χ0) is 18.1. The average Bonchev–Trinajstić information content (AvgIpc) is 2.55. The molecule has 3 N–H and O–H groups in total. The first-order valence-corrected chi connectivity index (χ1v) is 8.25. The fourth-order valence-electron chi connectivity index (χ4n) is 2.59. The fourth-order valence-corrected chi connectivity index (χ4v) is 2.59. The fraction of sp³-hybridized carbons (Fsp3) is 0.500. The number of carbonyl (C=O) groups excluding carboxylic acids is 2. The van der Waals surface area contributed by atoms with Crippen molar-refractivity contribution in [1.82, 2.24) is 5.32 Å². The first-order chi connectivity index (χ1) is 11.4. The van der Waals surface area contributed by atoms with E-state index in [2.05, 4.69) is 24.5 Å². The molecule has 1 atom stereocenters. The minimum atomic E-state index is -1.08. The average molecular weight is 334 g/mol. The molecule has 0 radical (unpaired) electrons. The largest absolute Gasteiger partial charge is 0.480 e. The van der Waals surface area contributed by atoms with E-state index in [1.807, 2.05) is 6.92 Å². The third-order valence-electron chi connectivity index (χ3n) is 4.19. The van der Waals surface area contributed by atoms with Gasteiger partial charge in [-0.1, -0.05) is 45.7 Å². The monoisotopic (exact) mass is 334 g/mol. The Morgan fingerprint density at radius 1 is 1.08 bits per heavy atom. The van der Waals surface area contributed by atoms with Gasteiger partial charge in [-0.3, -0.25) is 14.4 Å². The van der Waals surface area contributed by atoms with Crippen LogP contribution in [0.1, 0.15) is 39.2 Å². The van der Waals surface area contributed by atoms with Gasteiger partial charge in [0, 0.05) is 11.6 Å². The van der Waals surface area contributed by atoms with Gasteiger partial charge in [0.05, 0.1) is 6.42 Å². The molecule has 2 amide bonds. The summed E-state index contributed by atoms with van der Waals surface area (Å²) in [5.74, 6) is -1.12. The number of carbonyl (C=O) groups is 3. The molecule has 24 heavy (non-hydrogen) atoms. The van der Waals surface area contributed by atoms with Gasteiger partial charge in [-0.25, -0.2) is 0 Å². The van der Waals surface area contributed by atoms with Crippen LogP contribution < -0.4 is 10.6 Å². The maximum atomic E-state index is 12.3. The summed E-state index contributed by atoms with van der Waals surface area (Å²) >= 11 is 0. The number of carboxylic acid groups (broad SMARTS) is 1. The third kappa shape index (κ3) is 6.40. The molecule has 1 rings (SSSR count). The minimum Gasteiger partial charge on any atom is -0.480 e. The number of rotatable bonds is 9. The van der Waals surface area contributed by atoms with E-state index < -0.39 is 5.97 Å². The second-order valence-corrected chi connectivity index (χ2v) is 5.90. The number of hydrogen-bond acceptors (Lipinski definition) is 3. The maximum Gasteiger partial charge on any atom is 0.322 e. The number of amides is 2. The smallest absolute Gasteiger partial charge is 0.322 e. The van der Waals surface area contributed by atoms with Gasteiger partial charge in [-0.2, -0.15) is 0 Å². The van der Waals surface area contributed by atoms with Gasteiger partial charge in [-0.05, 0) is 23.6 Å². The first-order valence-electron chi connectivity index (χ1n) is 8.25. The molecule has 1 aromatic rings. The lowest BCUT2D eigenvalue weighted by molar-refractivity contribution is -0.137. The van der Waals surface area contributed by atoms with E-state index in [1.54, 1.807) is 24.3 Å². The van der Waals surface area contributed by atoms with Crippen molar-refractivity contribution < 1.29 is 19.5 Å². The summed E-state index contributed by atoms with van der Waals surface area (Å²) in [6, 6.07) is 6.99. The van der Waals surface area contributed by atoms with Crippen molar-refractivity contribution in [2.75, 3.05) is 11.9 Å². The zero-order valence-electron chi connectivity index (χ0n) is 14.5. The van der Waals surface area contributed by atoms with E-state index in [0.717, 1.165) is 18.4 Å². The lowest BCUT2D eigenvalue weighted by Crippen LogP contribution is -2.30. The van der Waals surface area contributed by atoms with Crippen molar-refractivity contribution >= 4 is 23.5 Å². The van der Waals surface area contributed by atoms with Crippen LogP contribution in [0.15, 0.2) is 24.3 Å². The quantitative estimate of drug-likeness (QED) is 0.646. The van der Waals surface area contributed by atoms with Crippen LogP contribution in [0.2, 0.25) is 0 Å². The highest BCUT2D eigenvalue weighted by atomic mass is 16.4. The molecule has 0 fully saturated rings. The predicted octanol–water partition coefficient (Wildman–Crippen LogP) is 2.44. The molecular formula is C18H26N2O4. The molecule has 0 saturated heterocycles. The number of hydrogen-bond donors (Lipinski definition) is 3. The summed E-state index contributed by atoms with van der Waals surface area (Å²) in [7, 11) is 0. The molecule has 0 saturated carbocycles. The Balaban J connectivity index is 2.56. The molecule has 0 spiro atoms. The van der Waals surface area contributed by atoms with Gasteiger partial charge >= 0.3 is 5.97 Å². The van der Waals surface area contributed by atoms with Crippen molar-refractivity contribution in [1.29, 1.82) is 0 Å². The highest BCUT2D eigenvalue weighted by molar-refractivity contribution is 5.92. The SMILES string of the molecule is CCC(CC)C(C)C(=O)Nc1ccc(CC(=O)NCC(=O)O)cc1. The lowest BCUT2D eigenvalue weighted by atomic mass is 9.88. The maximum absolute atomic E-state index is 12.3. The van der Waals surface area contributed by atoms with Crippen molar-refractivity contribution in [2.45, 2.75) is 40.0 Å². The van der Waals surface area contributed by atoms with Crippen LogP contribution in [0.25, 0.3) is 0 Å². The molecule has 0 aliphatic rings. The Hall–Kier alpha value is -2.37. The summed E-state index contributed by atoms with van der Waals surface area (Å²) in [6.07, 6.45) is 2.04. The van der Waals surface area contributed by atoms with E-state index in [9.17, 15) is 14.4 Å². The van der Waals surface area contributed by atoms with Gasteiger partial charge in [0.2, 0.25) is 11.8 Å². The van der Waals surface area contributed by atoms with Gasteiger partial charge in [-0.15, -0.1) is 0 Å². The normalized spacial score (nSPS) is 11.8. The number of benzene rings is 1. The summed E-state index contributed by atoms with van der Waals surface area (Å²) in [4.78, 5) is 34.2. The van der Waals surface area contributed by atoms with Gasteiger partial charge in [0.25, 0.3) is 0 Å². The molecule has 0 heterocycles. The second kappa shape index (κ2) is 9.70. The van der Waals surface area contributed by atoms with E-state index in [-0.39, 0.29) is 30.7 Å². The van der Waals surface area contributed by atoms with Crippen LogP contribution in [-0.4, -0.2) is 29.4 Å². The topological polar surface area (TPSA) is 95.5 Å². The van der Waals surface area contributed by atoms with E-state index in [0.29, 0.717) is 11.6 Å². The lowest BCUT2D eigenvalue weighted by Gasteiger charge is -2.20. The molecule has 1 unspecified atom stereocenters. The molecule has 132 valence electrons. The number of carboxylic acids is 1. The standard InChI is InChI=1S/C18H26N2O4/c1-4-14(5-2)12(3)18(24)20-15-8-6-13(7-9-15)10-16(21)19-11-17(22)23/h6-9,12,14H,4-5,10-11H2,1-3H3,(H,19,21)(H,20,24)(H,22,23). The van der Waals surface area contributed by atoms with Gasteiger partial charge in [0.1, 0.15) is 6.54 Å². The molecule has 0 bridgehead atoms. The Bertz CT molecular complexity index is 565. The van der Waals surface area contributed by atoms with Crippen LogP contribution in [-0.2, 0) is 20.8 Å². The highest BCUT2D eigenvalue weighted by Crippen LogP contribution is 2.21. The van der Waals surface area contributed by atoms with Crippen LogP contribution in [0, 0.1) is 11.8 Å². The predicted molar refractivity (Wildman–Crippen MR) is 92.7 cm³/mol. The second-order valence-electron chi connectivity index (χ2n) is 5.90. The molecular weight excluding hydrogens is 308 g/mol. The molecule has 1 aromatic carbocycles. The summed E-state index contributed by atoms with van der Waals surface area (Å²) in [5, 5.41) is 13.7. The third-order valence-corrected chi connectivity index (χ3v) is 4.19. The van der Waals surface area contributed by atoms with Crippen molar-refractivity contribution in [3.8, 4) is 0 Å². The Labute approximate surface area is 142 Å². The number of anilines is 1. The Kier molecular flexibility index (Phi) is 7.95. The summed E-state index contributed by atoms with van der Waals surface area (Å²) < 4.78 is 0. The molecule has 0 aliphatic carbocycles. The summed E-state index contributed by atoms with van der Waals surface area (Å²) in [6.45, 7) is 5.72. The van der Waals surface area contributed by atoms with Gasteiger partial charge < -0.3 is 15.7 Å². The van der Waals surface area contributed by atoms with Crippen LogP contribution in [0.3, 0.4) is 0 Å². The van der Waals surface area contributed by atoms with E-state index in [4.69, 9.17) is 5.11 Å². The molecule has 0 aromatic heterocycles. The van der Waals surface area contributed by atoms with Crippen LogP contribution in [0.5, 0.6) is 0 Å². The van der Waals surface area contributed by atoms with Crippen molar-refractivity contribution in [3.05, 3.63) is 29.8 Å². The number of nitrogens with one attached hydrogen (secondary N) is 2. The van der Waals surface area contributed by atoms with Crippen molar-refractivity contribution in [3.63, 3.8) is 0 Å². The van der Waals surface area contributed by atoms with E-state index in [1.165, 1.54) is 0 Å². The van der Waals surface area contributed by atoms with Gasteiger partial charge in [0.15, 0.2) is 0 Å². The molecule has 6 heteroatoms. The summed E-state index contributed by atoms with van der Waals surface area (Å²) in [5.41, 5.74) is 1.44. The highest BCUT2D eigenvalue weighted by Gasteiger charge is 2.21. The molecule has 6 nitrogen and oxygen atoms in total. The zero-order valence-corrected chi connectivity index (χ0v) is 14.5.